The molecule has 152 valence electrons. The molecule has 2 aliphatic heterocycles. The molecular weight excluding hydrogens is 344 g/mol. The topological polar surface area (TPSA) is 66.9 Å². The van der Waals surface area contributed by atoms with Crippen molar-refractivity contribution >= 4 is 17.8 Å². The van der Waals surface area contributed by atoms with E-state index in [0.29, 0.717) is 13.1 Å². The van der Waals surface area contributed by atoms with Crippen LogP contribution in [0, 0.1) is 11.3 Å². The number of carbonyl (C=O) groups is 3. The Morgan fingerprint density at radius 2 is 1.85 bits per heavy atom. The number of carbonyl (C=O) groups excluding carboxylic acids is 3. The number of amides is 2. The van der Waals surface area contributed by atoms with Crippen LogP contribution < -0.4 is 0 Å². The summed E-state index contributed by atoms with van der Waals surface area (Å²) in [6.07, 6.45) is 10.7. The van der Waals surface area contributed by atoms with Crippen molar-refractivity contribution in [1.29, 1.82) is 0 Å². The number of nitrogens with zero attached hydrogens (tertiary/aromatic N) is 2. The highest BCUT2D eigenvalue weighted by atomic mass is 16.5. The lowest BCUT2D eigenvalue weighted by Gasteiger charge is -2.40. The second kappa shape index (κ2) is 9.07. The molecule has 6 nitrogen and oxygen atoms in total. The Hall–Kier alpha value is -1.59. The Labute approximate surface area is 162 Å². The zero-order valence-corrected chi connectivity index (χ0v) is 16.7. The summed E-state index contributed by atoms with van der Waals surface area (Å²) >= 11 is 0. The predicted octanol–water partition coefficient (Wildman–Crippen LogP) is 2.75. The van der Waals surface area contributed by atoms with Crippen LogP contribution in [0.1, 0.15) is 70.6 Å². The first-order chi connectivity index (χ1) is 13.0. The molecule has 1 spiro atoms. The second-order valence-corrected chi connectivity index (χ2v) is 8.61. The van der Waals surface area contributed by atoms with Crippen LogP contribution in [0.2, 0.25) is 0 Å². The van der Waals surface area contributed by atoms with Crippen molar-refractivity contribution in [2.45, 2.75) is 70.6 Å². The molecule has 6 heteroatoms. The number of hydrogen-bond donors (Lipinski definition) is 0. The van der Waals surface area contributed by atoms with Gasteiger partial charge in [-0.15, -0.1) is 0 Å². The molecule has 3 rings (SSSR count). The van der Waals surface area contributed by atoms with Crippen molar-refractivity contribution < 1.29 is 19.1 Å². The van der Waals surface area contributed by atoms with Gasteiger partial charge in [-0.25, -0.2) is 0 Å². The SMILES string of the molecule is COC(=O)CCC(=O)N1CC[C@@]2(CCCN(CCC3CCCCC3)C2=O)C1. The van der Waals surface area contributed by atoms with E-state index >= 15 is 0 Å². The van der Waals surface area contributed by atoms with Crippen LogP contribution in [0.15, 0.2) is 0 Å². The first kappa shape index (κ1) is 20.2. The number of hydrogen-bond acceptors (Lipinski definition) is 4. The lowest BCUT2D eigenvalue weighted by Crippen LogP contribution is -2.50. The van der Waals surface area contributed by atoms with Crippen LogP contribution in [0.4, 0.5) is 0 Å². The Bertz CT molecular complexity index is 558. The lowest BCUT2D eigenvalue weighted by atomic mass is 9.78. The fourth-order valence-electron chi connectivity index (χ4n) is 5.11. The zero-order chi connectivity index (χ0) is 19.3. The minimum Gasteiger partial charge on any atom is -0.469 e. The normalized spacial score (nSPS) is 26.6. The Morgan fingerprint density at radius 3 is 2.59 bits per heavy atom. The van der Waals surface area contributed by atoms with Gasteiger partial charge in [0, 0.05) is 32.6 Å². The van der Waals surface area contributed by atoms with E-state index in [4.69, 9.17) is 0 Å². The fourth-order valence-corrected chi connectivity index (χ4v) is 5.11. The van der Waals surface area contributed by atoms with E-state index in [2.05, 4.69) is 9.64 Å². The third-order valence-corrected chi connectivity index (χ3v) is 6.83. The number of piperidine rings is 1. The van der Waals surface area contributed by atoms with Crippen LogP contribution in [0.5, 0.6) is 0 Å². The lowest BCUT2D eigenvalue weighted by molar-refractivity contribution is -0.147. The van der Waals surface area contributed by atoms with Gasteiger partial charge in [0.25, 0.3) is 0 Å². The van der Waals surface area contributed by atoms with Crippen molar-refractivity contribution in [3.05, 3.63) is 0 Å². The smallest absolute Gasteiger partial charge is 0.306 e. The molecular formula is C21H34N2O4. The highest BCUT2D eigenvalue weighted by Crippen LogP contribution is 2.40. The number of rotatable bonds is 6. The Balaban J connectivity index is 1.52. The van der Waals surface area contributed by atoms with E-state index in [-0.39, 0.29) is 36.0 Å². The third-order valence-electron chi connectivity index (χ3n) is 6.83. The molecule has 2 saturated heterocycles. The van der Waals surface area contributed by atoms with Gasteiger partial charge in [0.05, 0.1) is 18.9 Å². The molecule has 0 aromatic rings. The number of likely N-dealkylation sites (tertiary alicyclic amines) is 2. The molecule has 0 radical (unpaired) electrons. The van der Waals surface area contributed by atoms with Crippen LogP contribution in [0.3, 0.4) is 0 Å². The fraction of sp³-hybridized carbons (Fsp3) is 0.857. The van der Waals surface area contributed by atoms with Gasteiger partial charge >= 0.3 is 5.97 Å². The van der Waals surface area contributed by atoms with E-state index in [9.17, 15) is 14.4 Å². The number of ether oxygens (including phenoxy) is 1. The largest absolute Gasteiger partial charge is 0.469 e. The van der Waals surface area contributed by atoms with Gasteiger partial charge in [0.1, 0.15) is 0 Å². The van der Waals surface area contributed by atoms with Crippen molar-refractivity contribution in [1.82, 2.24) is 9.80 Å². The predicted molar refractivity (Wildman–Crippen MR) is 102 cm³/mol. The molecule has 1 aliphatic carbocycles. The maximum absolute atomic E-state index is 13.2. The summed E-state index contributed by atoms with van der Waals surface area (Å²) in [5.41, 5.74) is -0.383. The summed E-state index contributed by atoms with van der Waals surface area (Å²) < 4.78 is 4.61. The quantitative estimate of drug-likeness (QED) is 0.667. The monoisotopic (exact) mass is 378 g/mol. The van der Waals surface area contributed by atoms with Gasteiger partial charge in [0.15, 0.2) is 0 Å². The minimum atomic E-state index is -0.383. The van der Waals surface area contributed by atoms with Crippen molar-refractivity contribution in [3.63, 3.8) is 0 Å². The molecule has 2 amide bonds. The molecule has 0 unspecified atom stereocenters. The Kier molecular flexibility index (Phi) is 6.77. The Morgan fingerprint density at radius 1 is 1.07 bits per heavy atom. The van der Waals surface area contributed by atoms with Crippen LogP contribution in [0.25, 0.3) is 0 Å². The summed E-state index contributed by atoms with van der Waals surface area (Å²) in [7, 11) is 1.33. The summed E-state index contributed by atoms with van der Waals surface area (Å²) in [6.45, 7) is 2.89. The van der Waals surface area contributed by atoms with Gasteiger partial charge in [-0.3, -0.25) is 14.4 Å². The zero-order valence-electron chi connectivity index (χ0n) is 16.7. The van der Waals surface area contributed by atoms with Crippen molar-refractivity contribution in [3.8, 4) is 0 Å². The van der Waals surface area contributed by atoms with E-state index in [1.165, 1.54) is 39.2 Å². The highest BCUT2D eigenvalue weighted by Gasteiger charge is 2.49. The summed E-state index contributed by atoms with van der Waals surface area (Å²) in [5, 5.41) is 0. The summed E-state index contributed by atoms with van der Waals surface area (Å²) in [6, 6.07) is 0. The maximum Gasteiger partial charge on any atom is 0.306 e. The molecule has 27 heavy (non-hydrogen) atoms. The van der Waals surface area contributed by atoms with Gasteiger partial charge in [-0.2, -0.15) is 0 Å². The molecule has 3 fully saturated rings. The van der Waals surface area contributed by atoms with Gasteiger partial charge in [-0.1, -0.05) is 32.1 Å². The average Bonchev–Trinajstić information content (AvgIpc) is 3.13. The van der Waals surface area contributed by atoms with Crippen LogP contribution in [-0.4, -0.2) is 60.9 Å². The molecule has 0 bridgehead atoms. The molecule has 0 N–H and O–H groups in total. The summed E-state index contributed by atoms with van der Waals surface area (Å²) in [4.78, 5) is 40.7. The van der Waals surface area contributed by atoms with Crippen LogP contribution in [-0.2, 0) is 19.1 Å². The first-order valence-corrected chi connectivity index (χ1v) is 10.7. The van der Waals surface area contributed by atoms with E-state index in [1.807, 2.05) is 0 Å². The molecule has 0 aromatic carbocycles. The number of esters is 1. The summed E-state index contributed by atoms with van der Waals surface area (Å²) in [5.74, 6) is 0.640. The molecule has 1 saturated carbocycles. The van der Waals surface area contributed by atoms with Crippen molar-refractivity contribution in [2.75, 3.05) is 33.3 Å². The first-order valence-electron chi connectivity index (χ1n) is 10.7. The third kappa shape index (κ3) is 4.82. The second-order valence-electron chi connectivity index (χ2n) is 8.61. The minimum absolute atomic E-state index is 0.0376. The maximum atomic E-state index is 13.2. The average molecular weight is 379 g/mol. The van der Waals surface area contributed by atoms with E-state index in [1.54, 1.807) is 4.90 Å². The highest BCUT2D eigenvalue weighted by molar-refractivity contribution is 5.87. The standard InChI is InChI=1S/C21H34N2O4/c1-27-19(25)9-8-18(24)23-15-12-21(16-23)11-5-13-22(20(21)26)14-10-17-6-3-2-4-7-17/h17H,2-16H2,1H3/t21-/m0/s1. The van der Waals surface area contributed by atoms with Crippen LogP contribution >= 0.6 is 0 Å². The van der Waals surface area contributed by atoms with E-state index in [0.717, 1.165) is 44.7 Å². The van der Waals surface area contributed by atoms with E-state index < -0.39 is 0 Å². The number of methoxy groups -OCH3 is 1. The molecule has 1 atom stereocenters. The van der Waals surface area contributed by atoms with Gasteiger partial charge in [-0.05, 0) is 31.6 Å². The van der Waals surface area contributed by atoms with Gasteiger partial charge < -0.3 is 14.5 Å². The molecule has 3 aliphatic rings. The van der Waals surface area contributed by atoms with Gasteiger partial charge in [0.2, 0.25) is 11.8 Å². The molecule has 2 heterocycles. The van der Waals surface area contributed by atoms with Crippen molar-refractivity contribution in [2.24, 2.45) is 11.3 Å². The molecule has 0 aromatic heterocycles.